The quantitative estimate of drug-likeness (QED) is 0.475. The predicted octanol–water partition coefficient (Wildman–Crippen LogP) is 3.78. The van der Waals surface area contributed by atoms with Gasteiger partial charge in [-0.15, -0.1) is 0 Å². The van der Waals surface area contributed by atoms with Crippen molar-refractivity contribution in [2.45, 2.75) is 6.54 Å². The summed E-state index contributed by atoms with van der Waals surface area (Å²) in [6.07, 6.45) is 4.09. The van der Waals surface area contributed by atoms with Gasteiger partial charge in [0.25, 0.3) is 17.4 Å². The highest BCUT2D eigenvalue weighted by Crippen LogP contribution is 2.24. The lowest BCUT2D eigenvalue weighted by Gasteiger charge is -2.10. The minimum absolute atomic E-state index is 0.0429. The second-order valence-corrected chi connectivity index (χ2v) is 7.25. The van der Waals surface area contributed by atoms with E-state index in [4.69, 9.17) is 27.6 Å². The van der Waals surface area contributed by atoms with Crippen molar-refractivity contribution < 1.29 is 14.0 Å². The van der Waals surface area contributed by atoms with Crippen LogP contribution < -0.4 is 16.2 Å². The number of nitrogens with zero attached hydrogens (tertiary/aromatic N) is 2. The number of benzene rings is 1. The van der Waals surface area contributed by atoms with Crippen LogP contribution in [0.2, 0.25) is 10.0 Å². The molecular formula is C21H14Cl2N4O4. The van der Waals surface area contributed by atoms with Crippen molar-refractivity contribution in [1.29, 1.82) is 0 Å². The molecule has 0 aliphatic rings. The second-order valence-electron chi connectivity index (χ2n) is 6.44. The highest BCUT2D eigenvalue weighted by molar-refractivity contribution is 6.40. The molecule has 3 aromatic heterocycles. The zero-order chi connectivity index (χ0) is 22.0. The summed E-state index contributed by atoms with van der Waals surface area (Å²) in [4.78, 5) is 42.1. The summed E-state index contributed by atoms with van der Waals surface area (Å²) < 4.78 is 6.35. The minimum atomic E-state index is -0.651. The van der Waals surface area contributed by atoms with Gasteiger partial charge in [-0.05, 0) is 36.4 Å². The van der Waals surface area contributed by atoms with Crippen LogP contribution in [0.1, 0.15) is 26.5 Å². The maximum Gasteiger partial charge on any atom is 0.281 e. The Labute approximate surface area is 185 Å². The Morgan fingerprint density at radius 1 is 1.03 bits per heavy atom. The van der Waals surface area contributed by atoms with Crippen LogP contribution in [0.15, 0.2) is 70.3 Å². The highest BCUT2D eigenvalue weighted by atomic mass is 35.5. The Balaban J connectivity index is 1.61. The highest BCUT2D eigenvalue weighted by Gasteiger charge is 2.17. The number of hydrogen-bond donors (Lipinski definition) is 2. The summed E-state index contributed by atoms with van der Waals surface area (Å²) in [6, 6.07) is 11.2. The number of halogens is 2. The molecule has 0 fully saturated rings. The molecule has 4 rings (SSSR count). The number of pyridine rings is 1. The number of anilines is 1. The molecule has 2 N–H and O–H groups in total. The Morgan fingerprint density at radius 2 is 1.81 bits per heavy atom. The summed E-state index contributed by atoms with van der Waals surface area (Å²) in [5.41, 5.74) is -0.0721. The monoisotopic (exact) mass is 456 g/mol. The molecule has 0 saturated heterocycles. The molecule has 0 atom stereocenters. The number of aromatic nitrogens is 2. The van der Waals surface area contributed by atoms with Gasteiger partial charge >= 0.3 is 0 Å². The molecule has 0 spiro atoms. The Morgan fingerprint density at radius 3 is 2.52 bits per heavy atom. The topological polar surface area (TPSA) is 106 Å². The van der Waals surface area contributed by atoms with Gasteiger partial charge in [0, 0.05) is 6.20 Å². The van der Waals surface area contributed by atoms with Crippen molar-refractivity contribution in [3.8, 4) is 0 Å². The summed E-state index contributed by atoms with van der Waals surface area (Å²) in [7, 11) is 0. The summed E-state index contributed by atoms with van der Waals surface area (Å²) in [5, 5.41) is 5.47. The van der Waals surface area contributed by atoms with Gasteiger partial charge in [-0.25, -0.2) is 4.98 Å². The normalized spacial score (nSPS) is 10.8. The number of fused-ring (bicyclic) bond motifs is 1. The van der Waals surface area contributed by atoms with E-state index >= 15 is 0 Å². The van der Waals surface area contributed by atoms with Gasteiger partial charge in [0.2, 0.25) is 0 Å². The summed E-state index contributed by atoms with van der Waals surface area (Å²) >= 11 is 12.1. The number of furan rings is 1. The average molecular weight is 457 g/mol. The maximum absolute atomic E-state index is 12.9. The first-order valence-corrected chi connectivity index (χ1v) is 9.77. The lowest BCUT2D eigenvalue weighted by atomic mass is 10.2. The smallest absolute Gasteiger partial charge is 0.281 e. The minimum Gasteiger partial charge on any atom is -0.467 e. The molecule has 0 saturated carbocycles. The fraction of sp³-hybridized carbons (Fsp3) is 0.0476. The molecule has 1 aromatic carbocycles. The van der Waals surface area contributed by atoms with Crippen LogP contribution in [-0.2, 0) is 6.54 Å². The fourth-order valence-electron chi connectivity index (χ4n) is 2.88. The van der Waals surface area contributed by atoms with Gasteiger partial charge in [0.1, 0.15) is 17.1 Å². The molecule has 0 aliphatic carbocycles. The van der Waals surface area contributed by atoms with Gasteiger partial charge in [-0.1, -0.05) is 29.3 Å². The van der Waals surface area contributed by atoms with Crippen molar-refractivity contribution in [3.63, 3.8) is 0 Å². The van der Waals surface area contributed by atoms with Gasteiger partial charge in [-0.3, -0.25) is 18.8 Å². The van der Waals surface area contributed by atoms with Crippen LogP contribution in [0.3, 0.4) is 0 Å². The van der Waals surface area contributed by atoms with E-state index < -0.39 is 17.4 Å². The van der Waals surface area contributed by atoms with Crippen molar-refractivity contribution in [2.75, 3.05) is 5.32 Å². The number of carbonyl (C=O) groups excluding carboxylic acids is 2. The van der Waals surface area contributed by atoms with E-state index in [0.717, 1.165) is 0 Å². The second kappa shape index (κ2) is 8.63. The molecule has 8 nitrogen and oxygen atoms in total. The maximum atomic E-state index is 12.9. The standard InChI is InChI=1S/C21H14Cl2N4O4/c22-14-4-1-5-15(23)18(14)20(29)26-16-10-24-17-7-6-12(11-27(17)21(16)30)19(28)25-9-13-3-2-8-31-13/h1-8,10-11H,9H2,(H,25,28)(H,26,29). The molecule has 156 valence electrons. The van der Waals surface area contributed by atoms with Crippen LogP contribution in [-0.4, -0.2) is 21.2 Å². The van der Waals surface area contributed by atoms with E-state index in [1.54, 1.807) is 24.3 Å². The Hall–Kier alpha value is -3.62. The Kier molecular flexibility index (Phi) is 5.75. The van der Waals surface area contributed by atoms with Gasteiger partial charge < -0.3 is 15.1 Å². The summed E-state index contributed by atoms with van der Waals surface area (Å²) in [5.74, 6) is -0.458. The van der Waals surface area contributed by atoms with E-state index in [0.29, 0.717) is 11.4 Å². The van der Waals surface area contributed by atoms with Crippen LogP contribution in [0.5, 0.6) is 0 Å². The molecule has 4 aromatic rings. The lowest BCUT2D eigenvalue weighted by molar-refractivity contribution is 0.0946. The van der Waals surface area contributed by atoms with Crippen molar-refractivity contribution in [1.82, 2.24) is 14.7 Å². The largest absolute Gasteiger partial charge is 0.467 e. The average Bonchev–Trinajstić information content (AvgIpc) is 3.27. The third kappa shape index (κ3) is 4.30. The number of amides is 2. The third-order valence-corrected chi connectivity index (χ3v) is 5.04. The van der Waals surface area contributed by atoms with Crippen molar-refractivity contribution in [3.05, 3.63) is 98.4 Å². The molecule has 3 heterocycles. The van der Waals surface area contributed by atoms with Gasteiger partial charge in [0.05, 0.1) is 40.2 Å². The molecule has 31 heavy (non-hydrogen) atoms. The van der Waals surface area contributed by atoms with E-state index in [-0.39, 0.29) is 33.4 Å². The number of nitrogens with one attached hydrogen (secondary N) is 2. The fourth-order valence-corrected chi connectivity index (χ4v) is 3.45. The van der Waals surface area contributed by atoms with Gasteiger partial charge in [0.15, 0.2) is 0 Å². The van der Waals surface area contributed by atoms with Crippen LogP contribution in [0.25, 0.3) is 5.65 Å². The van der Waals surface area contributed by atoms with Gasteiger partial charge in [-0.2, -0.15) is 0 Å². The van der Waals surface area contributed by atoms with Crippen molar-refractivity contribution >= 4 is 46.4 Å². The van der Waals surface area contributed by atoms with E-state index in [1.165, 1.54) is 41.3 Å². The molecule has 2 amide bonds. The van der Waals surface area contributed by atoms with Crippen molar-refractivity contribution in [2.24, 2.45) is 0 Å². The third-order valence-electron chi connectivity index (χ3n) is 4.41. The molecule has 0 radical (unpaired) electrons. The van der Waals surface area contributed by atoms with Crippen LogP contribution in [0.4, 0.5) is 5.69 Å². The zero-order valence-corrected chi connectivity index (χ0v) is 17.3. The van der Waals surface area contributed by atoms with E-state index in [1.807, 2.05) is 0 Å². The number of rotatable bonds is 5. The van der Waals surface area contributed by atoms with E-state index in [2.05, 4.69) is 15.6 Å². The van der Waals surface area contributed by atoms with E-state index in [9.17, 15) is 14.4 Å². The Bertz CT molecular complexity index is 1330. The SMILES string of the molecule is O=C(NCc1ccco1)c1ccc2ncc(NC(=O)c3c(Cl)cccc3Cl)c(=O)n2c1. The molecular weight excluding hydrogens is 443 g/mol. The first-order chi connectivity index (χ1) is 14.9. The first kappa shape index (κ1) is 20.6. The number of carbonyl (C=O) groups is 2. The lowest BCUT2D eigenvalue weighted by Crippen LogP contribution is -2.26. The molecule has 0 unspecified atom stereocenters. The van der Waals surface area contributed by atoms with Crippen LogP contribution >= 0.6 is 23.2 Å². The zero-order valence-electron chi connectivity index (χ0n) is 15.8. The molecule has 0 aliphatic heterocycles. The number of hydrogen-bond acceptors (Lipinski definition) is 5. The summed E-state index contributed by atoms with van der Waals surface area (Å²) in [6.45, 7) is 0.200. The molecule has 0 bridgehead atoms. The first-order valence-electron chi connectivity index (χ1n) is 9.01. The predicted molar refractivity (Wildman–Crippen MR) is 116 cm³/mol. The molecule has 10 heteroatoms. The van der Waals surface area contributed by atoms with Crippen LogP contribution in [0, 0.1) is 0 Å².